The van der Waals surface area contributed by atoms with Crippen LogP contribution in [0.1, 0.15) is 24.9 Å². The van der Waals surface area contributed by atoms with Crippen LogP contribution in [-0.4, -0.2) is 17.4 Å². The summed E-state index contributed by atoms with van der Waals surface area (Å²) in [7, 11) is 0. The molecule has 0 saturated carbocycles. The molecule has 1 heterocycles. The summed E-state index contributed by atoms with van der Waals surface area (Å²) in [5, 5.41) is 3.20. The summed E-state index contributed by atoms with van der Waals surface area (Å²) in [6.45, 7) is 2.65. The van der Waals surface area contributed by atoms with E-state index >= 15 is 0 Å². The molecule has 0 aliphatic carbocycles. The molecule has 0 bridgehead atoms. The maximum atomic E-state index is 10.5. The Labute approximate surface area is 83.5 Å². The van der Waals surface area contributed by atoms with Crippen LogP contribution in [0.3, 0.4) is 0 Å². The molecule has 0 spiro atoms. The Hall–Kier alpha value is -1.42. The van der Waals surface area contributed by atoms with Crippen LogP contribution in [0.25, 0.3) is 0 Å². The number of hydrogen-bond acceptors (Lipinski definition) is 3. The highest BCUT2D eigenvalue weighted by Crippen LogP contribution is 2.09. The molecule has 0 aromatic carbocycles. The van der Waals surface area contributed by atoms with E-state index in [0.29, 0.717) is 13.0 Å². The normalized spacial score (nSPS) is 12.4. The predicted molar refractivity (Wildman–Crippen MR) is 54.5 cm³/mol. The van der Waals surface area contributed by atoms with Gasteiger partial charge in [-0.05, 0) is 24.6 Å². The molecule has 14 heavy (non-hydrogen) atoms. The minimum Gasteiger partial charge on any atom is -0.370 e. The van der Waals surface area contributed by atoms with E-state index in [0.717, 1.165) is 5.56 Å². The number of nitrogens with zero attached hydrogens (tertiary/aromatic N) is 1. The largest absolute Gasteiger partial charge is 0.370 e. The van der Waals surface area contributed by atoms with Crippen molar-refractivity contribution in [2.45, 2.75) is 19.4 Å². The number of pyridine rings is 1. The van der Waals surface area contributed by atoms with Crippen molar-refractivity contribution in [1.29, 1.82) is 0 Å². The van der Waals surface area contributed by atoms with E-state index in [1.54, 1.807) is 12.4 Å². The summed E-state index contributed by atoms with van der Waals surface area (Å²) in [5.41, 5.74) is 6.19. The summed E-state index contributed by atoms with van der Waals surface area (Å²) in [4.78, 5) is 14.4. The Morgan fingerprint density at radius 1 is 1.57 bits per heavy atom. The molecule has 76 valence electrons. The van der Waals surface area contributed by atoms with Gasteiger partial charge in [-0.1, -0.05) is 0 Å². The number of amides is 1. The molecule has 3 N–H and O–H groups in total. The number of carbonyl (C=O) groups excluding carboxylic acids is 1. The fraction of sp³-hybridized carbons (Fsp3) is 0.400. The van der Waals surface area contributed by atoms with E-state index in [1.807, 2.05) is 19.1 Å². The lowest BCUT2D eigenvalue weighted by Gasteiger charge is -2.12. The molecule has 0 fully saturated rings. The molecule has 4 nitrogen and oxygen atoms in total. The number of nitrogens with two attached hydrogens (primary N) is 1. The first-order valence-electron chi connectivity index (χ1n) is 4.62. The Bertz CT molecular complexity index is 287. The summed E-state index contributed by atoms with van der Waals surface area (Å²) in [6.07, 6.45) is 3.87. The lowest BCUT2D eigenvalue weighted by Crippen LogP contribution is -2.24. The molecular formula is C10H15N3O. The van der Waals surface area contributed by atoms with Gasteiger partial charge >= 0.3 is 0 Å². The summed E-state index contributed by atoms with van der Waals surface area (Å²) in [5.74, 6) is -0.278. The second kappa shape index (κ2) is 5.34. The van der Waals surface area contributed by atoms with Crippen molar-refractivity contribution >= 4 is 5.91 Å². The van der Waals surface area contributed by atoms with Crippen LogP contribution in [0.2, 0.25) is 0 Å². The van der Waals surface area contributed by atoms with E-state index in [4.69, 9.17) is 5.73 Å². The first-order chi connectivity index (χ1) is 6.70. The number of aromatic nitrogens is 1. The molecule has 1 rings (SSSR count). The zero-order chi connectivity index (χ0) is 10.4. The first-order valence-corrected chi connectivity index (χ1v) is 4.62. The number of hydrogen-bond donors (Lipinski definition) is 2. The summed E-state index contributed by atoms with van der Waals surface area (Å²) >= 11 is 0. The van der Waals surface area contributed by atoms with Gasteiger partial charge in [-0.15, -0.1) is 0 Å². The number of primary amides is 1. The van der Waals surface area contributed by atoms with Crippen LogP contribution in [0.4, 0.5) is 0 Å². The number of nitrogens with one attached hydrogen (secondary N) is 1. The van der Waals surface area contributed by atoms with Crippen molar-refractivity contribution in [3.8, 4) is 0 Å². The molecule has 0 aliphatic rings. The quantitative estimate of drug-likeness (QED) is 0.719. The van der Waals surface area contributed by atoms with E-state index in [2.05, 4.69) is 10.3 Å². The maximum Gasteiger partial charge on any atom is 0.218 e. The van der Waals surface area contributed by atoms with Gasteiger partial charge in [0.05, 0.1) is 0 Å². The Balaban J connectivity index is 2.36. The van der Waals surface area contributed by atoms with Crippen LogP contribution < -0.4 is 11.1 Å². The third kappa shape index (κ3) is 3.53. The Morgan fingerprint density at radius 2 is 2.21 bits per heavy atom. The van der Waals surface area contributed by atoms with Crippen molar-refractivity contribution < 1.29 is 4.79 Å². The first kappa shape index (κ1) is 10.7. The topological polar surface area (TPSA) is 68.0 Å². The summed E-state index contributed by atoms with van der Waals surface area (Å²) in [6, 6.07) is 4.11. The third-order valence-corrected chi connectivity index (χ3v) is 2.03. The molecule has 1 amide bonds. The average Bonchev–Trinajstić information content (AvgIpc) is 2.18. The van der Waals surface area contributed by atoms with Gasteiger partial charge in [0.1, 0.15) is 0 Å². The smallest absolute Gasteiger partial charge is 0.218 e. The Kier molecular flexibility index (Phi) is 4.07. The molecule has 4 heteroatoms. The van der Waals surface area contributed by atoms with Gasteiger partial charge in [-0.3, -0.25) is 9.78 Å². The molecule has 0 radical (unpaired) electrons. The monoisotopic (exact) mass is 193 g/mol. The predicted octanol–water partition coefficient (Wildman–Crippen LogP) is 0.608. The average molecular weight is 193 g/mol. The van der Waals surface area contributed by atoms with Gasteiger partial charge in [0.2, 0.25) is 5.91 Å². The van der Waals surface area contributed by atoms with Crippen LogP contribution in [0, 0.1) is 0 Å². The fourth-order valence-electron chi connectivity index (χ4n) is 1.18. The molecule has 0 aliphatic heterocycles. The zero-order valence-corrected chi connectivity index (χ0v) is 8.23. The van der Waals surface area contributed by atoms with E-state index < -0.39 is 0 Å². The van der Waals surface area contributed by atoms with Gasteiger partial charge < -0.3 is 11.1 Å². The highest BCUT2D eigenvalue weighted by Gasteiger charge is 2.03. The van der Waals surface area contributed by atoms with E-state index in [9.17, 15) is 4.79 Å². The van der Waals surface area contributed by atoms with Gasteiger partial charge in [0.15, 0.2) is 0 Å². The van der Waals surface area contributed by atoms with Crippen molar-refractivity contribution in [3.63, 3.8) is 0 Å². The molecule has 1 aromatic rings. The third-order valence-electron chi connectivity index (χ3n) is 2.03. The standard InChI is InChI=1S/C10H15N3O/c1-8(13-7-4-10(11)14)9-2-5-12-6-3-9/h2-3,5-6,8,13H,4,7H2,1H3,(H2,11,14)/t8-/m0/s1. The minimum atomic E-state index is -0.278. The molecule has 1 aromatic heterocycles. The van der Waals surface area contributed by atoms with Crippen LogP contribution in [0.5, 0.6) is 0 Å². The van der Waals surface area contributed by atoms with E-state index in [-0.39, 0.29) is 11.9 Å². The summed E-state index contributed by atoms with van der Waals surface area (Å²) < 4.78 is 0. The second-order valence-electron chi connectivity index (χ2n) is 3.17. The lowest BCUT2D eigenvalue weighted by atomic mass is 10.1. The SMILES string of the molecule is C[C@H](NCCC(N)=O)c1ccncc1. The maximum absolute atomic E-state index is 10.5. The van der Waals surface area contributed by atoms with Gasteiger partial charge in [-0.2, -0.15) is 0 Å². The lowest BCUT2D eigenvalue weighted by molar-refractivity contribution is -0.117. The highest BCUT2D eigenvalue weighted by molar-refractivity contribution is 5.73. The van der Waals surface area contributed by atoms with Gasteiger partial charge in [0, 0.05) is 31.4 Å². The van der Waals surface area contributed by atoms with Gasteiger partial charge in [-0.25, -0.2) is 0 Å². The minimum absolute atomic E-state index is 0.220. The molecule has 0 unspecified atom stereocenters. The molecular weight excluding hydrogens is 178 g/mol. The number of carbonyl (C=O) groups is 1. The van der Waals surface area contributed by atoms with E-state index in [1.165, 1.54) is 0 Å². The van der Waals surface area contributed by atoms with Crippen LogP contribution in [-0.2, 0) is 4.79 Å². The van der Waals surface area contributed by atoms with Crippen LogP contribution >= 0.6 is 0 Å². The van der Waals surface area contributed by atoms with Crippen LogP contribution in [0.15, 0.2) is 24.5 Å². The number of rotatable bonds is 5. The highest BCUT2D eigenvalue weighted by atomic mass is 16.1. The fourth-order valence-corrected chi connectivity index (χ4v) is 1.18. The van der Waals surface area contributed by atoms with Crippen molar-refractivity contribution in [2.24, 2.45) is 5.73 Å². The zero-order valence-electron chi connectivity index (χ0n) is 8.23. The van der Waals surface area contributed by atoms with Crippen molar-refractivity contribution in [3.05, 3.63) is 30.1 Å². The Morgan fingerprint density at radius 3 is 2.79 bits per heavy atom. The van der Waals surface area contributed by atoms with Crippen molar-refractivity contribution in [2.75, 3.05) is 6.54 Å². The molecule has 0 saturated heterocycles. The second-order valence-corrected chi connectivity index (χ2v) is 3.17. The molecule has 1 atom stereocenters. The van der Waals surface area contributed by atoms with Gasteiger partial charge in [0.25, 0.3) is 0 Å². The van der Waals surface area contributed by atoms with Crippen molar-refractivity contribution in [1.82, 2.24) is 10.3 Å².